The van der Waals surface area contributed by atoms with Gasteiger partial charge < -0.3 is 14.1 Å². The van der Waals surface area contributed by atoms with Crippen LogP contribution in [0.2, 0.25) is 16.6 Å². The summed E-state index contributed by atoms with van der Waals surface area (Å²) in [7, 11) is -2.46. The number of hydrogen-bond acceptors (Lipinski definition) is 9. The summed E-state index contributed by atoms with van der Waals surface area (Å²) in [4.78, 5) is 42.7. The third-order valence-corrected chi connectivity index (χ3v) is 19.1. The number of aromatic nitrogens is 3. The molecule has 0 radical (unpaired) electrons. The maximum atomic E-state index is 17.6. The van der Waals surface area contributed by atoms with Crippen molar-refractivity contribution >= 4 is 47.6 Å². The number of nitrogens with zero attached hydrogens (tertiary/aromatic N) is 5. The van der Waals surface area contributed by atoms with E-state index in [2.05, 4.69) is 56.7 Å². The molecule has 0 spiro atoms. The molecule has 58 heavy (non-hydrogen) atoms. The number of aryl methyl sites for hydroxylation is 1. The summed E-state index contributed by atoms with van der Waals surface area (Å²) in [6.07, 6.45) is 3.94. The van der Waals surface area contributed by atoms with E-state index in [0.29, 0.717) is 78.8 Å². The molecule has 2 aromatic carbocycles. The van der Waals surface area contributed by atoms with Gasteiger partial charge in [0.1, 0.15) is 41.4 Å². The molecule has 3 aliphatic heterocycles. The number of nitrogens with one attached hydrogen (secondary N) is 1. The van der Waals surface area contributed by atoms with E-state index >= 15 is 8.78 Å². The zero-order chi connectivity index (χ0) is 41.7. The van der Waals surface area contributed by atoms with Crippen molar-refractivity contribution in [2.75, 3.05) is 37.7 Å². The molecular weight excluding hydrogens is 762 g/mol. The Balaban J connectivity index is 1.37. The number of ether oxygens (including phenoxy) is 1. The van der Waals surface area contributed by atoms with Crippen molar-refractivity contribution in [3.05, 3.63) is 47.7 Å². The molecule has 2 aromatic heterocycles. The van der Waals surface area contributed by atoms with Crippen molar-refractivity contribution in [2.24, 2.45) is 5.92 Å². The van der Waals surface area contributed by atoms with Crippen LogP contribution in [0.4, 0.5) is 19.0 Å². The van der Waals surface area contributed by atoms with Gasteiger partial charge in [-0.15, -0.1) is 0 Å². The molecule has 7 rings (SSSR count). The van der Waals surface area contributed by atoms with E-state index < -0.39 is 31.8 Å². The fourth-order valence-electron chi connectivity index (χ4n) is 10.4. The van der Waals surface area contributed by atoms with Gasteiger partial charge in [0, 0.05) is 50.7 Å². The SMILES string of the molecule is CCc1c(F)ccc2cc(O[Si](C(C)C)(C(C)C)C(C)C)cc(-c3ncc4c(N5CCC(C(=O)NC(C)=O)CC5)nc(OC[C@@]56CCCN5C[C@H](F)C6)nc4c3F)c12. The van der Waals surface area contributed by atoms with Crippen LogP contribution < -0.4 is 19.4 Å². The summed E-state index contributed by atoms with van der Waals surface area (Å²) in [6, 6.07) is 6.88. The summed E-state index contributed by atoms with van der Waals surface area (Å²) in [5.74, 6) is -1.19. The van der Waals surface area contributed by atoms with Gasteiger partial charge in [-0.1, -0.05) is 54.5 Å². The smallest absolute Gasteiger partial charge is 0.319 e. The zero-order valence-corrected chi connectivity index (χ0v) is 36.1. The molecule has 10 nitrogen and oxygen atoms in total. The van der Waals surface area contributed by atoms with Gasteiger partial charge in [-0.3, -0.25) is 24.8 Å². The van der Waals surface area contributed by atoms with Crippen molar-refractivity contribution in [3.8, 4) is 23.0 Å². The Labute approximate surface area is 340 Å². The van der Waals surface area contributed by atoms with E-state index in [1.807, 2.05) is 24.0 Å². The zero-order valence-electron chi connectivity index (χ0n) is 35.1. The highest BCUT2D eigenvalue weighted by atomic mass is 28.4. The summed E-state index contributed by atoms with van der Waals surface area (Å²) >= 11 is 0. The van der Waals surface area contributed by atoms with E-state index in [0.717, 1.165) is 24.8 Å². The van der Waals surface area contributed by atoms with Crippen LogP contribution in [0, 0.1) is 17.6 Å². The van der Waals surface area contributed by atoms with Crippen LogP contribution in [0.5, 0.6) is 11.8 Å². The summed E-state index contributed by atoms with van der Waals surface area (Å²) < 4.78 is 61.4. The number of carbonyl (C=O) groups excluding carboxylic acids is 2. The van der Waals surface area contributed by atoms with Crippen LogP contribution in [0.15, 0.2) is 30.5 Å². The third kappa shape index (κ3) is 7.55. The molecule has 1 N–H and O–H groups in total. The first-order valence-corrected chi connectivity index (χ1v) is 23.1. The first-order valence-electron chi connectivity index (χ1n) is 21.0. The van der Waals surface area contributed by atoms with Crippen LogP contribution in [-0.4, -0.2) is 84.5 Å². The minimum absolute atomic E-state index is 0.000922. The van der Waals surface area contributed by atoms with Gasteiger partial charge in [-0.05, 0) is 89.8 Å². The first kappa shape index (κ1) is 41.8. The monoisotopic (exact) mass is 818 g/mol. The largest absolute Gasteiger partial charge is 0.543 e. The molecule has 0 saturated carbocycles. The predicted octanol–water partition coefficient (Wildman–Crippen LogP) is 9.07. The highest BCUT2D eigenvalue weighted by Crippen LogP contribution is 2.46. The van der Waals surface area contributed by atoms with Gasteiger partial charge in [0.05, 0.1) is 10.9 Å². The molecule has 2 amide bonds. The molecule has 2 atom stereocenters. The fraction of sp³-hybridized carbons (Fsp3) is 0.568. The number of anilines is 1. The Hall–Kier alpha value is -4.30. The van der Waals surface area contributed by atoms with Gasteiger partial charge in [0.15, 0.2) is 5.82 Å². The highest BCUT2D eigenvalue weighted by Gasteiger charge is 2.50. The fourth-order valence-corrected chi connectivity index (χ4v) is 15.7. The summed E-state index contributed by atoms with van der Waals surface area (Å²) in [5.41, 5.74) is 1.19. The molecule has 5 heterocycles. The van der Waals surface area contributed by atoms with Crippen LogP contribution in [0.3, 0.4) is 0 Å². The quantitative estimate of drug-likeness (QED) is 0.140. The molecule has 3 aliphatic rings. The van der Waals surface area contributed by atoms with Gasteiger partial charge in [-0.25, -0.2) is 13.2 Å². The number of imide groups is 1. The topological polar surface area (TPSA) is 110 Å². The van der Waals surface area contributed by atoms with Crippen LogP contribution >= 0.6 is 0 Å². The number of carbonyl (C=O) groups is 2. The Morgan fingerprint density at radius 1 is 1.02 bits per heavy atom. The van der Waals surface area contributed by atoms with E-state index in [1.165, 1.54) is 13.0 Å². The van der Waals surface area contributed by atoms with Crippen molar-refractivity contribution in [1.82, 2.24) is 25.2 Å². The molecule has 0 unspecified atom stereocenters. The van der Waals surface area contributed by atoms with Crippen molar-refractivity contribution in [3.63, 3.8) is 0 Å². The van der Waals surface area contributed by atoms with Crippen molar-refractivity contribution in [1.29, 1.82) is 0 Å². The lowest BCUT2D eigenvalue weighted by Gasteiger charge is -2.42. The molecule has 4 aromatic rings. The average molecular weight is 819 g/mol. The van der Waals surface area contributed by atoms with Crippen LogP contribution in [-0.2, 0) is 16.0 Å². The van der Waals surface area contributed by atoms with Crippen molar-refractivity contribution in [2.45, 2.75) is 122 Å². The van der Waals surface area contributed by atoms with E-state index in [9.17, 15) is 14.0 Å². The molecule has 3 saturated heterocycles. The van der Waals surface area contributed by atoms with E-state index in [4.69, 9.17) is 19.1 Å². The number of benzene rings is 2. The van der Waals surface area contributed by atoms with Gasteiger partial charge in [0.25, 0.3) is 8.32 Å². The number of halogens is 3. The number of rotatable bonds is 12. The minimum atomic E-state index is -2.46. The second-order valence-electron chi connectivity index (χ2n) is 17.6. The maximum absolute atomic E-state index is 17.6. The third-order valence-electron chi connectivity index (χ3n) is 13.1. The van der Waals surface area contributed by atoms with E-state index in [1.54, 1.807) is 12.3 Å². The molecule has 3 fully saturated rings. The van der Waals surface area contributed by atoms with Gasteiger partial charge in [-0.2, -0.15) is 9.97 Å². The van der Waals surface area contributed by atoms with E-state index in [-0.39, 0.29) is 58.1 Å². The molecule has 0 bridgehead atoms. The lowest BCUT2D eigenvalue weighted by Crippen LogP contribution is -2.50. The van der Waals surface area contributed by atoms with Crippen molar-refractivity contribution < 1.29 is 31.9 Å². The lowest BCUT2D eigenvalue weighted by molar-refractivity contribution is -0.132. The molecule has 0 aliphatic carbocycles. The molecule has 14 heteroatoms. The van der Waals surface area contributed by atoms with Gasteiger partial charge in [0.2, 0.25) is 11.8 Å². The van der Waals surface area contributed by atoms with Gasteiger partial charge >= 0.3 is 6.01 Å². The number of pyridine rings is 1. The Kier molecular flexibility index (Phi) is 11.8. The number of hydrogen-bond donors (Lipinski definition) is 1. The minimum Gasteiger partial charge on any atom is -0.543 e. The number of alkyl halides is 1. The lowest BCUT2D eigenvalue weighted by atomic mass is 9.94. The number of piperidine rings is 1. The normalized spacial score (nSPS) is 20.5. The second kappa shape index (κ2) is 16.4. The standard InChI is InChI=1S/C44H57F3N6O4Si/c1-9-33-36(46)12-11-30-19-32(57-58(25(2)3,26(4)5)27(6)7)20-34(37(30)33)39-38(47)40-35(22-48-39)41(52-17-13-29(14-18-52)42(55)49-28(8)54)51-43(50-40)56-24-44-15-10-16-53(44)23-31(45)21-44/h11-12,19-20,22,25-27,29,31H,9-10,13-18,21,23-24H2,1-8H3,(H,49,54,55)/t31-,44+/m1/s1. The average Bonchev–Trinajstić information content (AvgIpc) is 3.71. The summed E-state index contributed by atoms with van der Waals surface area (Å²) in [6.45, 7) is 18.5. The highest BCUT2D eigenvalue weighted by molar-refractivity contribution is 6.78. The Morgan fingerprint density at radius 3 is 2.38 bits per heavy atom. The molecule has 312 valence electrons. The molecular formula is C44H57F3N6O4Si. The number of fused-ring (bicyclic) bond motifs is 3. The predicted molar refractivity (Wildman–Crippen MR) is 224 cm³/mol. The second-order valence-corrected chi connectivity index (χ2v) is 22.9. The Bertz CT molecular complexity index is 2190. The number of amides is 2. The van der Waals surface area contributed by atoms with Crippen LogP contribution in [0.1, 0.15) is 93.1 Å². The van der Waals surface area contributed by atoms with Crippen LogP contribution in [0.25, 0.3) is 32.9 Å². The first-order chi connectivity index (χ1) is 27.6. The Morgan fingerprint density at radius 2 is 1.72 bits per heavy atom. The maximum Gasteiger partial charge on any atom is 0.319 e. The summed E-state index contributed by atoms with van der Waals surface area (Å²) in [5, 5.41) is 4.03.